The lowest BCUT2D eigenvalue weighted by Gasteiger charge is -2.52. The highest BCUT2D eigenvalue weighted by Gasteiger charge is 2.61. The van der Waals surface area contributed by atoms with Crippen LogP contribution in [0.5, 0.6) is 5.75 Å². The number of terminal acetylenes is 1. The van der Waals surface area contributed by atoms with Crippen LogP contribution in [0.1, 0.15) is 56.1 Å². The number of hydrogen-bond acceptors (Lipinski definition) is 2. The van der Waals surface area contributed by atoms with Crippen molar-refractivity contribution in [3.63, 3.8) is 0 Å². The van der Waals surface area contributed by atoms with Crippen LogP contribution in [0.4, 0.5) is 0 Å². The normalized spacial score (nSPS) is 41.4. The Morgan fingerprint density at radius 1 is 1.30 bits per heavy atom. The molecule has 0 radical (unpaired) electrons. The highest BCUT2D eigenvalue weighted by atomic mass is 79.9. The summed E-state index contributed by atoms with van der Waals surface area (Å²) in [6.07, 6.45) is 12.0. The standard InChI is InChI=1S/C20H23BrO2/c1-3-20(22)11-9-18-17-6-4-13-12-14(23-21)5-7-15(13)16(17)8-10-19(18,20)2/h1,5,7,12,16-18,22H,4,6,8-11H2,2H3/t16?,17?,18?,19?,20-/m1/s1. The first kappa shape index (κ1) is 15.5. The van der Waals surface area contributed by atoms with Gasteiger partial charge in [-0.15, -0.1) is 6.42 Å². The van der Waals surface area contributed by atoms with Crippen LogP contribution in [0.2, 0.25) is 0 Å². The zero-order valence-electron chi connectivity index (χ0n) is 13.5. The van der Waals surface area contributed by atoms with Gasteiger partial charge in [0.1, 0.15) is 11.4 Å². The first-order valence-corrected chi connectivity index (χ1v) is 9.29. The fraction of sp³-hybridized carbons (Fsp3) is 0.600. The van der Waals surface area contributed by atoms with E-state index in [0.29, 0.717) is 17.8 Å². The molecule has 2 nitrogen and oxygen atoms in total. The van der Waals surface area contributed by atoms with Crippen LogP contribution in [-0.2, 0) is 6.42 Å². The largest absolute Gasteiger partial charge is 0.418 e. The van der Waals surface area contributed by atoms with E-state index in [9.17, 15) is 5.11 Å². The van der Waals surface area contributed by atoms with Crippen molar-refractivity contribution in [2.75, 3.05) is 0 Å². The monoisotopic (exact) mass is 374 g/mol. The zero-order valence-corrected chi connectivity index (χ0v) is 15.1. The molecule has 5 atom stereocenters. The van der Waals surface area contributed by atoms with Crippen LogP contribution in [0.3, 0.4) is 0 Å². The minimum Gasteiger partial charge on any atom is -0.418 e. The summed E-state index contributed by atoms with van der Waals surface area (Å²) in [5, 5.41) is 11.0. The van der Waals surface area contributed by atoms with Crippen molar-refractivity contribution in [2.24, 2.45) is 17.3 Å². The van der Waals surface area contributed by atoms with Gasteiger partial charge in [-0.3, -0.25) is 0 Å². The van der Waals surface area contributed by atoms with E-state index >= 15 is 0 Å². The Morgan fingerprint density at radius 3 is 2.87 bits per heavy atom. The number of fused-ring (bicyclic) bond motifs is 5. The molecule has 0 spiro atoms. The molecular formula is C20H23BrO2. The van der Waals surface area contributed by atoms with Crippen molar-refractivity contribution in [3.05, 3.63) is 29.3 Å². The lowest BCUT2D eigenvalue weighted by atomic mass is 9.53. The van der Waals surface area contributed by atoms with Crippen molar-refractivity contribution in [1.82, 2.24) is 0 Å². The lowest BCUT2D eigenvalue weighted by Crippen LogP contribution is -2.50. The molecule has 1 N–H and O–H groups in total. The summed E-state index contributed by atoms with van der Waals surface area (Å²) in [7, 11) is 0. The number of hydrogen-bond donors (Lipinski definition) is 1. The van der Waals surface area contributed by atoms with Gasteiger partial charge in [0, 0.05) is 5.41 Å². The van der Waals surface area contributed by atoms with Gasteiger partial charge in [0.15, 0.2) is 16.3 Å². The third-order valence-corrected chi connectivity index (χ3v) is 7.55. The first-order valence-electron chi connectivity index (χ1n) is 8.64. The van der Waals surface area contributed by atoms with Gasteiger partial charge in [-0.2, -0.15) is 0 Å². The Labute approximate surface area is 147 Å². The van der Waals surface area contributed by atoms with E-state index in [1.165, 1.54) is 17.5 Å². The van der Waals surface area contributed by atoms with Crippen molar-refractivity contribution in [1.29, 1.82) is 0 Å². The Bertz CT molecular complexity index is 679. The van der Waals surface area contributed by atoms with Gasteiger partial charge in [-0.25, -0.2) is 0 Å². The maximum absolute atomic E-state index is 11.0. The summed E-state index contributed by atoms with van der Waals surface area (Å²) >= 11 is 3.07. The molecular weight excluding hydrogens is 352 g/mol. The molecule has 2 fully saturated rings. The summed E-state index contributed by atoms with van der Waals surface area (Å²) in [5.41, 5.74) is 1.90. The average Bonchev–Trinajstić information content (AvgIpc) is 2.86. The van der Waals surface area contributed by atoms with Crippen LogP contribution in [0, 0.1) is 29.6 Å². The number of aryl methyl sites for hydroxylation is 1. The molecule has 3 aliphatic rings. The minimum atomic E-state index is -0.906. The van der Waals surface area contributed by atoms with Crippen LogP contribution >= 0.6 is 16.3 Å². The van der Waals surface area contributed by atoms with Gasteiger partial charge >= 0.3 is 0 Å². The van der Waals surface area contributed by atoms with Crippen molar-refractivity contribution in [3.8, 4) is 18.1 Å². The Hall–Kier alpha value is -0.980. The van der Waals surface area contributed by atoms with Crippen molar-refractivity contribution >= 4 is 16.3 Å². The zero-order chi connectivity index (χ0) is 16.2. The molecule has 2 saturated carbocycles. The van der Waals surface area contributed by atoms with Crippen LogP contribution in [0.25, 0.3) is 0 Å². The number of halogens is 1. The topological polar surface area (TPSA) is 29.5 Å². The Kier molecular flexibility index (Phi) is 3.55. The van der Waals surface area contributed by atoms with E-state index < -0.39 is 5.60 Å². The van der Waals surface area contributed by atoms with E-state index in [1.54, 1.807) is 0 Å². The summed E-state index contributed by atoms with van der Waals surface area (Å²) in [5.74, 6) is 5.43. The fourth-order valence-corrected chi connectivity index (χ4v) is 6.06. The smallest absolute Gasteiger partial charge is 0.179 e. The molecule has 1 aromatic rings. The molecule has 122 valence electrons. The summed E-state index contributed by atoms with van der Waals surface area (Å²) < 4.78 is 5.20. The number of rotatable bonds is 1. The van der Waals surface area contributed by atoms with Crippen molar-refractivity contribution < 1.29 is 8.93 Å². The molecule has 0 saturated heterocycles. The molecule has 3 heteroatoms. The summed E-state index contributed by atoms with van der Waals surface area (Å²) in [4.78, 5) is 0. The SMILES string of the molecule is C#C[C@@]1(O)CCC2C3CCc4cc(OBr)ccc4C3CCC21C. The molecule has 0 bridgehead atoms. The van der Waals surface area contributed by atoms with Gasteiger partial charge in [0.2, 0.25) is 0 Å². The van der Waals surface area contributed by atoms with Crippen LogP contribution < -0.4 is 3.83 Å². The van der Waals surface area contributed by atoms with Crippen LogP contribution in [-0.4, -0.2) is 10.7 Å². The Balaban J connectivity index is 1.70. The highest BCUT2D eigenvalue weighted by Crippen LogP contribution is 2.64. The quantitative estimate of drug-likeness (QED) is 0.728. The predicted octanol–water partition coefficient (Wildman–Crippen LogP) is 4.60. The number of benzene rings is 1. The third-order valence-electron chi connectivity index (χ3n) is 7.18. The molecule has 0 aliphatic heterocycles. The molecule has 0 amide bonds. The van der Waals surface area contributed by atoms with E-state index in [1.807, 2.05) is 0 Å². The number of aliphatic hydroxyl groups is 1. The van der Waals surface area contributed by atoms with E-state index in [0.717, 1.165) is 37.9 Å². The molecule has 3 aliphatic carbocycles. The molecule has 4 rings (SSSR count). The molecule has 0 aromatic heterocycles. The van der Waals surface area contributed by atoms with E-state index in [-0.39, 0.29) is 5.41 Å². The third kappa shape index (κ3) is 2.04. The Morgan fingerprint density at radius 2 is 2.13 bits per heavy atom. The second-order valence-corrected chi connectivity index (χ2v) is 8.18. The van der Waals surface area contributed by atoms with Gasteiger partial charge < -0.3 is 8.93 Å². The van der Waals surface area contributed by atoms with E-state index in [2.05, 4.69) is 47.3 Å². The maximum atomic E-state index is 11.0. The molecule has 4 unspecified atom stereocenters. The average molecular weight is 375 g/mol. The van der Waals surface area contributed by atoms with Crippen molar-refractivity contribution in [2.45, 2.75) is 57.0 Å². The second-order valence-electron chi connectivity index (χ2n) is 7.85. The second kappa shape index (κ2) is 5.26. The van der Waals surface area contributed by atoms with Gasteiger partial charge in [0.25, 0.3) is 0 Å². The summed E-state index contributed by atoms with van der Waals surface area (Å²) in [6, 6.07) is 6.46. The predicted molar refractivity (Wildman–Crippen MR) is 94.4 cm³/mol. The lowest BCUT2D eigenvalue weighted by molar-refractivity contribution is -0.0646. The van der Waals surface area contributed by atoms with Gasteiger partial charge in [-0.1, -0.05) is 18.9 Å². The highest BCUT2D eigenvalue weighted by molar-refractivity contribution is 9.06. The molecule has 23 heavy (non-hydrogen) atoms. The minimum absolute atomic E-state index is 0.112. The maximum Gasteiger partial charge on any atom is 0.179 e. The fourth-order valence-electron chi connectivity index (χ4n) is 5.86. The first-order chi connectivity index (χ1) is 11.0. The van der Waals surface area contributed by atoms with Gasteiger partial charge in [-0.05, 0) is 79.5 Å². The molecule has 0 heterocycles. The summed E-state index contributed by atoms with van der Waals surface area (Å²) in [6.45, 7) is 2.23. The molecule has 1 aromatic carbocycles. The van der Waals surface area contributed by atoms with Crippen LogP contribution in [0.15, 0.2) is 18.2 Å². The van der Waals surface area contributed by atoms with E-state index in [4.69, 9.17) is 10.3 Å². The van der Waals surface area contributed by atoms with Gasteiger partial charge in [0.05, 0.1) is 0 Å².